The van der Waals surface area contributed by atoms with E-state index in [1.807, 2.05) is 37.3 Å². The summed E-state index contributed by atoms with van der Waals surface area (Å²) in [5.41, 5.74) is 7.93. The smallest absolute Gasteiger partial charge is 0.255 e. The van der Waals surface area contributed by atoms with Gasteiger partial charge in [-0.15, -0.1) is 0 Å². The maximum absolute atomic E-state index is 12.6. The Balaban J connectivity index is 2.20. The van der Waals surface area contributed by atoms with Gasteiger partial charge in [0.25, 0.3) is 5.91 Å². The summed E-state index contributed by atoms with van der Waals surface area (Å²) in [5.74, 6) is -0.0770. The van der Waals surface area contributed by atoms with E-state index in [2.05, 4.69) is 15.9 Å². The molecule has 0 bridgehead atoms. The van der Waals surface area contributed by atoms with Crippen LogP contribution in [0.5, 0.6) is 0 Å². The Labute approximate surface area is 137 Å². The molecule has 0 radical (unpaired) electrons. The van der Waals surface area contributed by atoms with E-state index in [0.29, 0.717) is 29.4 Å². The zero-order valence-corrected chi connectivity index (χ0v) is 14.0. The van der Waals surface area contributed by atoms with Gasteiger partial charge >= 0.3 is 0 Å². The van der Waals surface area contributed by atoms with Gasteiger partial charge in [-0.1, -0.05) is 39.7 Å². The highest BCUT2D eigenvalue weighted by Crippen LogP contribution is 2.23. The zero-order valence-electron chi connectivity index (χ0n) is 11.6. The predicted molar refractivity (Wildman–Crippen MR) is 90.4 cm³/mol. The average Bonchev–Trinajstić information content (AvgIpc) is 2.46. The molecule has 0 spiro atoms. The summed E-state index contributed by atoms with van der Waals surface area (Å²) < 4.78 is 0.852. The van der Waals surface area contributed by atoms with E-state index in [9.17, 15) is 4.79 Å². The van der Waals surface area contributed by atoms with E-state index in [0.717, 1.165) is 10.0 Å². The number of anilines is 1. The third kappa shape index (κ3) is 3.99. The van der Waals surface area contributed by atoms with Crippen molar-refractivity contribution in [1.29, 1.82) is 0 Å². The lowest BCUT2D eigenvalue weighted by Crippen LogP contribution is -2.30. The van der Waals surface area contributed by atoms with Crippen molar-refractivity contribution in [3.05, 3.63) is 63.1 Å². The quantitative estimate of drug-likeness (QED) is 0.817. The Hall–Kier alpha value is -1.52. The fourth-order valence-electron chi connectivity index (χ4n) is 2.00. The van der Waals surface area contributed by atoms with Crippen molar-refractivity contribution < 1.29 is 4.79 Å². The largest absolute Gasteiger partial charge is 0.399 e. The van der Waals surface area contributed by atoms with Gasteiger partial charge in [0, 0.05) is 23.2 Å². The van der Waals surface area contributed by atoms with Gasteiger partial charge in [0.2, 0.25) is 0 Å². The Morgan fingerprint density at radius 2 is 1.90 bits per heavy atom. The van der Waals surface area contributed by atoms with Crippen LogP contribution in [0.4, 0.5) is 5.69 Å². The number of amides is 1. The number of rotatable bonds is 4. The summed E-state index contributed by atoms with van der Waals surface area (Å²) in [6.07, 6.45) is 0. The highest BCUT2D eigenvalue weighted by atomic mass is 79.9. The van der Waals surface area contributed by atoms with Crippen LogP contribution in [0.3, 0.4) is 0 Å². The van der Waals surface area contributed by atoms with Gasteiger partial charge in [0.1, 0.15) is 0 Å². The molecule has 0 unspecified atom stereocenters. The van der Waals surface area contributed by atoms with Crippen LogP contribution in [0.25, 0.3) is 0 Å². The van der Waals surface area contributed by atoms with Gasteiger partial charge in [-0.05, 0) is 42.8 Å². The number of carbonyl (C=O) groups excluding carboxylic acids is 1. The topological polar surface area (TPSA) is 46.3 Å². The molecule has 0 aliphatic rings. The molecule has 0 atom stereocenters. The third-order valence-corrected chi connectivity index (χ3v) is 3.99. The van der Waals surface area contributed by atoms with Gasteiger partial charge in [-0.2, -0.15) is 0 Å². The summed E-state index contributed by atoms with van der Waals surface area (Å²) in [4.78, 5) is 14.3. The molecule has 110 valence electrons. The molecular weight excluding hydrogens is 352 g/mol. The minimum atomic E-state index is -0.0770. The van der Waals surface area contributed by atoms with E-state index in [4.69, 9.17) is 17.3 Å². The van der Waals surface area contributed by atoms with Crippen molar-refractivity contribution >= 4 is 39.1 Å². The van der Waals surface area contributed by atoms with Crippen molar-refractivity contribution in [3.8, 4) is 0 Å². The lowest BCUT2D eigenvalue weighted by atomic mass is 10.1. The first-order valence-corrected chi connectivity index (χ1v) is 7.77. The van der Waals surface area contributed by atoms with Crippen LogP contribution in [0.15, 0.2) is 46.9 Å². The second-order valence-corrected chi connectivity index (χ2v) is 6.01. The molecule has 0 aliphatic heterocycles. The van der Waals surface area contributed by atoms with Gasteiger partial charge in [-0.3, -0.25) is 4.79 Å². The highest BCUT2D eigenvalue weighted by Gasteiger charge is 2.17. The maximum atomic E-state index is 12.6. The summed E-state index contributed by atoms with van der Waals surface area (Å²) in [7, 11) is 0. The standard InChI is InChI=1S/C16H16BrClN2O/c1-2-20(10-11-3-6-13(19)7-4-11)16(21)14-8-5-12(17)9-15(14)18/h3-9H,2,10,19H2,1H3. The lowest BCUT2D eigenvalue weighted by molar-refractivity contribution is 0.0753. The second-order valence-electron chi connectivity index (χ2n) is 4.69. The first-order chi connectivity index (χ1) is 10.0. The fourth-order valence-corrected chi connectivity index (χ4v) is 2.76. The average molecular weight is 368 g/mol. The van der Waals surface area contributed by atoms with E-state index in [1.165, 1.54) is 0 Å². The van der Waals surface area contributed by atoms with Crippen LogP contribution in [0.2, 0.25) is 5.02 Å². The summed E-state index contributed by atoms with van der Waals surface area (Å²) in [6, 6.07) is 12.8. The Kier molecular flexibility index (Phi) is 5.26. The van der Waals surface area contributed by atoms with Gasteiger partial charge in [-0.25, -0.2) is 0 Å². The van der Waals surface area contributed by atoms with Crippen molar-refractivity contribution in [2.75, 3.05) is 12.3 Å². The Morgan fingerprint density at radius 3 is 2.48 bits per heavy atom. The summed E-state index contributed by atoms with van der Waals surface area (Å²) in [6.45, 7) is 3.08. The van der Waals surface area contributed by atoms with Crippen LogP contribution < -0.4 is 5.73 Å². The number of nitrogen functional groups attached to an aromatic ring is 1. The van der Waals surface area contributed by atoms with Crippen molar-refractivity contribution in [2.24, 2.45) is 0 Å². The number of nitrogens with two attached hydrogens (primary N) is 1. The minimum absolute atomic E-state index is 0.0770. The maximum Gasteiger partial charge on any atom is 0.255 e. The summed E-state index contributed by atoms with van der Waals surface area (Å²) in [5, 5.41) is 0.449. The van der Waals surface area contributed by atoms with Gasteiger partial charge < -0.3 is 10.6 Å². The van der Waals surface area contributed by atoms with Crippen molar-refractivity contribution in [2.45, 2.75) is 13.5 Å². The number of nitrogens with zero attached hydrogens (tertiary/aromatic N) is 1. The Bertz CT molecular complexity index is 643. The number of carbonyl (C=O) groups is 1. The number of hydrogen-bond donors (Lipinski definition) is 1. The molecule has 0 saturated heterocycles. The SMILES string of the molecule is CCN(Cc1ccc(N)cc1)C(=O)c1ccc(Br)cc1Cl. The van der Waals surface area contributed by atoms with Crippen LogP contribution in [-0.2, 0) is 6.54 Å². The normalized spacial score (nSPS) is 10.4. The van der Waals surface area contributed by atoms with Crippen molar-refractivity contribution in [3.63, 3.8) is 0 Å². The first-order valence-electron chi connectivity index (χ1n) is 6.60. The van der Waals surface area contributed by atoms with Gasteiger partial charge in [0.05, 0.1) is 10.6 Å². The highest BCUT2D eigenvalue weighted by molar-refractivity contribution is 9.10. The van der Waals surface area contributed by atoms with E-state index < -0.39 is 0 Å². The predicted octanol–water partition coefficient (Wildman–Crippen LogP) is 4.35. The first kappa shape index (κ1) is 15.9. The number of halogens is 2. The molecule has 21 heavy (non-hydrogen) atoms. The number of hydrogen-bond acceptors (Lipinski definition) is 2. The minimum Gasteiger partial charge on any atom is -0.399 e. The number of benzene rings is 2. The molecule has 5 heteroatoms. The Morgan fingerprint density at radius 1 is 1.24 bits per heavy atom. The third-order valence-electron chi connectivity index (χ3n) is 3.18. The van der Waals surface area contributed by atoms with Crippen molar-refractivity contribution in [1.82, 2.24) is 4.90 Å². The molecule has 2 N–H and O–H groups in total. The fraction of sp³-hybridized carbons (Fsp3) is 0.188. The molecule has 0 aliphatic carbocycles. The van der Waals surface area contributed by atoms with Crippen LogP contribution in [0, 0.1) is 0 Å². The molecule has 2 rings (SSSR count). The van der Waals surface area contributed by atoms with Gasteiger partial charge in [0.15, 0.2) is 0 Å². The molecule has 0 fully saturated rings. The second kappa shape index (κ2) is 6.96. The lowest BCUT2D eigenvalue weighted by Gasteiger charge is -2.21. The molecule has 1 amide bonds. The molecule has 0 saturated carbocycles. The molecule has 2 aromatic carbocycles. The molecule has 2 aromatic rings. The van der Waals surface area contributed by atoms with Crippen LogP contribution in [0.1, 0.15) is 22.8 Å². The van der Waals surface area contributed by atoms with E-state index >= 15 is 0 Å². The monoisotopic (exact) mass is 366 g/mol. The van der Waals surface area contributed by atoms with E-state index in [-0.39, 0.29) is 5.91 Å². The molecule has 0 aromatic heterocycles. The molecule has 0 heterocycles. The van der Waals surface area contributed by atoms with E-state index in [1.54, 1.807) is 17.0 Å². The van der Waals surface area contributed by atoms with Crippen LogP contribution in [-0.4, -0.2) is 17.4 Å². The summed E-state index contributed by atoms with van der Waals surface area (Å²) >= 11 is 9.49. The zero-order chi connectivity index (χ0) is 15.4. The molecule has 3 nitrogen and oxygen atoms in total. The van der Waals surface area contributed by atoms with Crippen LogP contribution >= 0.6 is 27.5 Å². The molecular formula is C16H16BrClN2O.